The van der Waals surface area contributed by atoms with Crippen molar-refractivity contribution in [3.8, 4) is 0 Å². The van der Waals surface area contributed by atoms with Gasteiger partial charge in [-0.05, 0) is 43.2 Å². The largest absolute Gasteiger partial charge is 0.346 e. The van der Waals surface area contributed by atoms with Crippen molar-refractivity contribution < 1.29 is 4.79 Å². The highest BCUT2D eigenvalue weighted by Gasteiger charge is 2.62. The van der Waals surface area contributed by atoms with Gasteiger partial charge in [-0.3, -0.25) is 14.6 Å². The van der Waals surface area contributed by atoms with E-state index < -0.39 is 5.66 Å². The molecule has 2 aliphatic carbocycles. The van der Waals surface area contributed by atoms with Gasteiger partial charge in [0.15, 0.2) is 0 Å². The molecule has 0 atom stereocenters. The van der Waals surface area contributed by atoms with Crippen LogP contribution in [-0.2, 0) is 0 Å². The zero-order valence-corrected chi connectivity index (χ0v) is 17.1. The Hall–Kier alpha value is -3.07. The van der Waals surface area contributed by atoms with Crippen molar-refractivity contribution in [2.24, 2.45) is 5.41 Å². The summed E-state index contributed by atoms with van der Waals surface area (Å²) in [6.45, 7) is 0. The minimum absolute atomic E-state index is 0.157. The van der Waals surface area contributed by atoms with Gasteiger partial charge in [0, 0.05) is 13.2 Å². The number of rotatable bonds is 2. The van der Waals surface area contributed by atoms with Gasteiger partial charge in [0.05, 0.1) is 10.4 Å². The number of aromatic amines is 1. The molecule has 2 saturated carbocycles. The summed E-state index contributed by atoms with van der Waals surface area (Å²) in [5, 5.41) is 9.00. The minimum atomic E-state index is -0.543. The first kappa shape index (κ1) is 17.8. The molecule has 2 spiro atoms. The van der Waals surface area contributed by atoms with Crippen LogP contribution in [0.3, 0.4) is 0 Å². The third-order valence-corrected chi connectivity index (χ3v) is 7.26. The number of fused-ring (bicyclic) bond motifs is 2. The highest BCUT2D eigenvalue weighted by Crippen LogP contribution is 2.61. The van der Waals surface area contributed by atoms with Gasteiger partial charge in [0.1, 0.15) is 34.8 Å². The Balaban J connectivity index is 1.44. The fourth-order valence-electron chi connectivity index (χ4n) is 5.33. The molecule has 0 unspecified atom stereocenters. The lowest BCUT2D eigenvalue weighted by molar-refractivity contribution is -0.0703. The number of hydrogen-bond donors (Lipinski definition) is 3. The quantitative estimate of drug-likeness (QED) is 0.582. The van der Waals surface area contributed by atoms with Gasteiger partial charge in [-0.1, -0.05) is 18.0 Å². The molecule has 2 fully saturated rings. The standard InChI is InChI=1S/C20H20ClN7O2/c1-27-20(8-19(9-20)4-2-5-19)26-17(29)14-12(21)7-13(18(30)28(14)27)25-16-11-3-6-22-15(11)23-10-24-16/h3,6-7,10H,2,4-5,8-9H2,1H3,(H,26,29)(H2,22,23,24,25). The molecule has 6 rings (SSSR count). The number of nitrogens with zero attached hydrogens (tertiary/aromatic N) is 4. The summed E-state index contributed by atoms with van der Waals surface area (Å²) in [6, 6.07) is 3.31. The van der Waals surface area contributed by atoms with Gasteiger partial charge in [0.25, 0.3) is 11.5 Å². The predicted molar refractivity (Wildman–Crippen MR) is 113 cm³/mol. The van der Waals surface area contributed by atoms with Gasteiger partial charge in [-0.2, -0.15) is 0 Å². The minimum Gasteiger partial charge on any atom is -0.346 e. The van der Waals surface area contributed by atoms with Crippen molar-refractivity contribution in [1.29, 1.82) is 0 Å². The second-order valence-electron chi connectivity index (χ2n) is 8.68. The molecule has 4 heterocycles. The first-order valence-electron chi connectivity index (χ1n) is 9.99. The van der Waals surface area contributed by atoms with Gasteiger partial charge in [0.2, 0.25) is 0 Å². The van der Waals surface area contributed by atoms with Crippen LogP contribution < -0.4 is 21.2 Å². The number of anilines is 2. The average molecular weight is 426 g/mol. The zero-order valence-electron chi connectivity index (χ0n) is 16.3. The summed E-state index contributed by atoms with van der Waals surface area (Å²) in [5.74, 6) is 0.177. The van der Waals surface area contributed by atoms with E-state index in [9.17, 15) is 9.59 Å². The molecule has 0 aromatic carbocycles. The van der Waals surface area contributed by atoms with Crippen LogP contribution in [0.15, 0.2) is 29.5 Å². The maximum Gasteiger partial charge on any atom is 0.293 e. The molecular weight excluding hydrogens is 406 g/mol. The Morgan fingerprint density at radius 3 is 2.77 bits per heavy atom. The van der Waals surface area contributed by atoms with Crippen molar-refractivity contribution in [3.05, 3.63) is 45.7 Å². The summed E-state index contributed by atoms with van der Waals surface area (Å²) in [5.41, 5.74) is 0.487. The lowest BCUT2D eigenvalue weighted by Crippen LogP contribution is -2.77. The van der Waals surface area contributed by atoms with Crippen LogP contribution in [-0.4, -0.2) is 38.2 Å². The molecule has 0 radical (unpaired) electrons. The first-order chi connectivity index (χ1) is 14.4. The topological polar surface area (TPSA) is 108 Å². The zero-order chi connectivity index (χ0) is 20.7. The van der Waals surface area contributed by atoms with Gasteiger partial charge in [-0.25, -0.2) is 14.6 Å². The molecule has 1 aliphatic heterocycles. The van der Waals surface area contributed by atoms with E-state index in [-0.39, 0.29) is 27.9 Å². The molecule has 0 bridgehead atoms. The number of halogens is 1. The van der Waals surface area contributed by atoms with E-state index in [4.69, 9.17) is 11.6 Å². The lowest BCUT2D eigenvalue weighted by atomic mass is 9.51. The highest BCUT2D eigenvalue weighted by molar-refractivity contribution is 6.34. The Bertz CT molecular complexity index is 1270. The van der Waals surface area contributed by atoms with E-state index in [0.717, 1.165) is 18.2 Å². The normalized spacial score (nSPS) is 20.6. The van der Waals surface area contributed by atoms with E-state index >= 15 is 0 Å². The van der Waals surface area contributed by atoms with Crippen LogP contribution in [0.5, 0.6) is 0 Å². The van der Waals surface area contributed by atoms with Crippen LogP contribution in [0.2, 0.25) is 5.02 Å². The number of amides is 1. The van der Waals surface area contributed by atoms with Gasteiger partial charge < -0.3 is 15.6 Å². The summed E-state index contributed by atoms with van der Waals surface area (Å²) >= 11 is 6.47. The average Bonchev–Trinajstić information content (AvgIpc) is 3.14. The highest BCUT2D eigenvalue weighted by atomic mass is 35.5. The molecule has 3 aliphatic rings. The van der Waals surface area contributed by atoms with Crippen LogP contribution >= 0.6 is 11.6 Å². The number of nitrogens with one attached hydrogen (secondary N) is 3. The first-order valence-corrected chi connectivity index (χ1v) is 10.4. The molecule has 9 nitrogen and oxygen atoms in total. The Morgan fingerprint density at radius 2 is 2.03 bits per heavy atom. The number of hydrogen-bond acceptors (Lipinski definition) is 6. The monoisotopic (exact) mass is 425 g/mol. The molecule has 30 heavy (non-hydrogen) atoms. The van der Waals surface area contributed by atoms with Crippen molar-refractivity contribution in [2.45, 2.75) is 37.8 Å². The third kappa shape index (κ3) is 2.23. The fraction of sp³-hybridized carbons (Fsp3) is 0.400. The van der Waals surface area contributed by atoms with Crippen molar-refractivity contribution >= 4 is 40.0 Å². The SMILES string of the molecule is CN1n2c(c(Cl)cc(Nc3ncnc4[nH]ccc34)c2=O)C(=O)NC12CC1(CCC1)C2. The molecular formula is C20H20ClN7O2. The Kier molecular flexibility index (Phi) is 3.41. The predicted octanol–water partition coefficient (Wildman–Crippen LogP) is 2.49. The molecule has 10 heteroatoms. The van der Waals surface area contributed by atoms with E-state index in [1.54, 1.807) is 6.20 Å². The second kappa shape index (κ2) is 5.75. The number of pyridine rings is 1. The van der Waals surface area contributed by atoms with E-state index in [0.29, 0.717) is 16.9 Å². The number of H-pyrrole nitrogens is 1. The van der Waals surface area contributed by atoms with Crippen LogP contribution in [0.25, 0.3) is 11.0 Å². The maximum absolute atomic E-state index is 13.4. The summed E-state index contributed by atoms with van der Waals surface area (Å²) in [4.78, 5) is 37.8. The van der Waals surface area contributed by atoms with Crippen molar-refractivity contribution in [1.82, 2.24) is 24.9 Å². The summed E-state index contributed by atoms with van der Waals surface area (Å²) < 4.78 is 1.41. The van der Waals surface area contributed by atoms with Crippen molar-refractivity contribution in [3.63, 3.8) is 0 Å². The maximum atomic E-state index is 13.4. The molecule has 3 aromatic rings. The van der Waals surface area contributed by atoms with Crippen LogP contribution in [0.4, 0.5) is 11.5 Å². The fourth-order valence-corrected chi connectivity index (χ4v) is 5.61. The molecule has 1 amide bonds. The molecule has 0 saturated heterocycles. The van der Waals surface area contributed by atoms with Crippen molar-refractivity contribution in [2.75, 3.05) is 17.4 Å². The van der Waals surface area contributed by atoms with Gasteiger partial charge in [-0.15, -0.1) is 0 Å². The second-order valence-corrected chi connectivity index (χ2v) is 9.08. The van der Waals surface area contributed by atoms with E-state index in [2.05, 4.69) is 25.6 Å². The van der Waals surface area contributed by atoms with Crippen LogP contribution in [0.1, 0.15) is 42.6 Å². The molecule has 154 valence electrons. The summed E-state index contributed by atoms with van der Waals surface area (Å²) in [7, 11) is 1.84. The molecule has 3 N–H and O–H groups in total. The number of carbonyl (C=O) groups excluding carboxylic acids is 1. The van der Waals surface area contributed by atoms with Crippen LogP contribution in [0, 0.1) is 5.41 Å². The Labute approximate surface area is 176 Å². The van der Waals surface area contributed by atoms with E-state index in [1.165, 1.54) is 36.3 Å². The van der Waals surface area contributed by atoms with E-state index in [1.807, 2.05) is 18.1 Å². The third-order valence-electron chi connectivity index (χ3n) is 6.97. The summed E-state index contributed by atoms with van der Waals surface area (Å²) in [6.07, 6.45) is 8.47. The Morgan fingerprint density at radius 1 is 1.23 bits per heavy atom. The van der Waals surface area contributed by atoms with Gasteiger partial charge >= 0.3 is 0 Å². The lowest BCUT2D eigenvalue weighted by Gasteiger charge is -2.65. The molecule has 3 aromatic heterocycles. The number of aromatic nitrogens is 4. The smallest absolute Gasteiger partial charge is 0.293 e. The number of carbonyl (C=O) groups is 1.